The standard InChI is InChI=1S/C12H18N4O3/c1-16-10(9(7-15-16)12(18)19)11(17)14-6-8-2-4-13-5-3-8/h7-8,13H,2-6H2,1H3,(H,14,17)(H,18,19). The molecule has 1 aromatic rings. The summed E-state index contributed by atoms with van der Waals surface area (Å²) in [5.74, 6) is -1.33. The molecule has 1 amide bonds. The molecule has 19 heavy (non-hydrogen) atoms. The molecule has 7 nitrogen and oxygen atoms in total. The van der Waals surface area contributed by atoms with Crippen molar-refractivity contribution in [3.63, 3.8) is 0 Å². The van der Waals surface area contributed by atoms with Gasteiger partial charge in [0.1, 0.15) is 5.69 Å². The van der Waals surface area contributed by atoms with Gasteiger partial charge in [0, 0.05) is 32.0 Å². The Bertz CT molecular complexity index is 477. The lowest BCUT2D eigenvalue weighted by molar-refractivity contribution is -0.664. The highest BCUT2D eigenvalue weighted by atomic mass is 16.4. The van der Waals surface area contributed by atoms with E-state index in [-0.39, 0.29) is 11.3 Å². The van der Waals surface area contributed by atoms with Gasteiger partial charge in [-0.1, -0.05) is 0 Å². The van der Waals surface area contributed by atoms with Crippen LogP contribution in [-0.4, -0.2) is 41.3 Å². The first-order valence-corrected chi connectivity index (χ1v) is 6.42. The molecule has 104 valence electrons. The maximum atomic E-state index is 12.0. The van der Waals surface area contributed by atoms with E-state index in [2.05, 4.69) is 15.7 Å². The molecule has 1 aromatic heterocycles. The molecule has 0 aliphatic carbocycles. The molecule has 0 saturated carbocycles. The summed E-state index contributed by atoms with van der Waals surface area (Å²) in [4.78, 5) is 22.9. The Morgan fingerprint density at radius 3 is 2.84 bits per heavy atom. The SMILES string of the molecule is Cn1ncc(C(=O)[O-])c1C(=O)NCC1CC[NH2+]CC1. The molecule has 7 heteroatoms. The number of amides is 1. The van der Waals surface area contributed by atoms with E-state index in [0.29, 0.717) is 12.5 Å². The van der Waals surface area contributed by atoms with Gasteiger partial charge in [-0.25, -0.2) is 0 Å². The van der Waals surface area contributed by atoms with Gasteiger partial charge in [-0.2, -0.15) is 5.10 Å². The Labute approximate surface area is 111 Å². The number of nitrogens with one attached hydrogen (secondary N) is 1. The molecule has 2 heterocycles. The van der Waals surface area contributed by atoms with Crippen molar-refractivity contribution < 1.29 is 20.0 Å². The molecule has 1 aliphatic rings. The van der Waals surface area contributed by atoms with Crippen molar-refractivity contribution >= 4 is 11.9 Å². The molecule has 1 saturated heterocycles. The van der Waals surface area contributed by atoms with Gasteiger partial charge in [0.15, 0.2) is 0 Å². The van der Waals surface area contributed by atoms with Crippen LogP contribution in [0, 0.1) is 5.92 Å². The number of carboxylic acids is 1. The van der Waals surface area contributed by atoms with Crippen LogP contribution in [0.3, 0.4) is 0 Å². The number of carboxylic acid groups (broad SMARTS) is 1. The van der Waals surface area contributed by atoms with Crippen LogP contribution in [0.5, 0.6) is 0 Å². The number of aryl methyl sites for hydroxylation is 1. The minimum atomic E-state index is -1.38. The first-order valence-electron chi connectivity index (χ1n) is 6.42. The van der Waals surface area contributed by atoms with Crippen molar-refractivity contribution in [2.24, 2.45) is 13.0 Å². The maximum absolute atomic E-state index is 12.0. The number of quaternary nitrogens is 1. The Morgan fingerprint density at radius 1 is 1.53 bits per heavy atom. The monoisotopic (exact) mass is 266 g/mol. The zero-order valence-electron chi connectivity index (χ0n) is 10.9. The molecule has 0 unspecified atom stereocenters. The Kier molecular flexibility index (Phi) is 4.16. The van der Waals surface area contributed by atoms with Gasteiger partial charge in [-0.05, 0) is 5.92 Å². The third-order valence-electron chi connectivity index (χ3n) is 3.48. The number of rotatable bonds is 4. The van der Waals surface area contributed by atoms with Gasteiger partial charge >= 0.3 is 0 Å². The predicted octanol–water partition coefficient (Wildman–Crippen LogP) is -2.51. The summed E-state index contributed by atoms with van der Waals surface area (Å²) < 4.78 is 1.26. The second kappa shape index (κ2) is 5.83. The van der Waals surface area contributed by atoms with Gasteiger partial charge in [0.25, 0.3) is 5.91 Å². The molecular formula is C12H18N4O3. The van der Waals surface area contributed by atoms with Gasteiger partial charge < -0.3 is 20.5 Å². The van der Waals surface area contributed by atoms with E-state index in [1.807, 2.05) is 0 Å². The molecule has 0 radical (unpaired) electrons. The van der Waals surface area contributed by atoms with Crippen LogP contribution in [0.2, 0.25) is 0 Å². The molecular weight excluding hydrogens is 248 g/mol. The molecule has 0 spiro atoms. The zero-order chi connectivity index (χ0) is 13.8. The summed E-state index contributed by atoms with van der Waals surface area (Å²) in [5.41, 5.74) is -0.126. The first-order chi connectivity index (χ1) is 9.09. The Hall–Kier alpha value is -1.89. The minimum Gasteiger partial charge on any atom is -0.545 e. The van der Waals surface area contributed by atoms with Gasteiger partial charge in [0.2, 0.25) is 0 Å². The van der Waals surface area contributed by atoms with E-state index in [9.17, 15) is 14.7 Å². The van der Waals surface area contributed by atoms with E-state index < -0.39 is 11.9 Å². The van der Waals surface area contributed by atoms with E-state index in [1.165, 1.54) is 11.7 Å². The van der Waals surface area contributed by atoms with E-state index >= 15 is 0 Å². The molecule has 1 fully saturated rings. The summed E-state index contributed by atoms with van der Waals surface area (Å²) >= 11 is 0. The fraction of sp³-hybridized carbons (Fsp3) is 0.583. The summed E-state index contributed by atoms with van der Waals surface area (Å²) in [7, 11) is 1.54. The fourth-order valence-corrected chi connectivity index (χ4v) is 2.38. The lowest BCUT2D eigenvalue weighted by Gasteiger charge is -2.20. The van der Waals surface area contributed by atoms with Gasteiger partial charge in [-0.15, -0.1) is 0 Å². The zero-order valence-corrected chi connectivity index (χ0v) is 10.9. The Morgan fingerprint density at radius 2 is 2.21 bits per heavy atom. The second-order valence-corrected chi connectivity index (χ2v) is 4.84. The smallest absolute Gasteiger partial charge is 0.270 e. The molecule has 1 aliphatic heterocycles. The van der Waals surface area contributed by atoms with Crippen LogP contribution in [0.1, 0.15) is 33.7 Å². The molecule has 2 rings (SSSR count). The van der Waals surface area contributed by atoms with Crippen molar-refractivity contribution in [3.05, 3.63) is 17.5 Å². The topological polar surface area (TPSA) is 104 Å². The van der Waals surface area contributed by atoms with Crippen LogP contribution >= 0.6 is 0 Å². The van der Waals surface area contributed by atoms with E-state index in [0.717, 1.165) is 32.1 Å². The van der Waals surface area contributed by atoms with Crippen LogP contribution in [0.25, 0.3) is 0 Å². The van der Waals surface area contributed by atoms with Gasteiger partial charge in [-0.3, -0.25) is 9.48 Å². The molecule has 0 atom stereocenters. The summed E-state index contributed by atoms with van der Waals surface area (Å²) in [6.07, 6.45) is 3.28. The average molecular weight is 266 g/mol. The lowest BCUT2D eigenvalue weighted by atomic mass is 9.98. The third kappa shape index (κ3) is 3.11. The normalized spacial score (nSPS) is 16.3. The number of aromatic nitrogens is 2. The summed E-state index contributed by atoms with van der Waals surface area (Å²) in [6, 6.07) is 0. The largest absolute Gasteiger partial charge is 0.545 e. The maximum Gasteiger partial charge on any atom is 0.270 e. The number of carbonyl (C=O) groups excluding carboxylic acids is 2. The molecule has 0 bridgehead atoms. The first kappa shape index (κ1) is 13.5. The van der Waals surface area contributed by atoms with Crippen LogP contribution in [0.4, 0.5) is 0 Å². The lowest BCUT2D eigenvalue weighted by Crippen LogP contribution is -2.86. The van der Waals surface area contributed by atoms with Crippen LogP contribution in [-0.2, 0) is 7.05 Å². The van der Waals surface area contributed by atoms with Crippen LogP contribution in [0.15, 0.2) is 6.20 Å². The van der Waals surface area contributed by atoms with Crippen molar-refractivity contribution in [2.45, 2.75) is 12.8 Å². The third-order valence-corrected chi connectivity index (χ3v) is 3.48. The average Bonchev–Trinajstić information content (AvgIpc) is 2.79. The number of carbonyl (C=O) groups is 2. The number of hydrogen-bond donors (Lipinski definition) is 2. The molecule has 3 N–H and O–H groups in total. The number of nitrogens with zero attached hydrogens (tertiary/aromatic N) is 2. The Balaban J connectivity index is 1.99. The quantitative estimate of drug-likeness (QED) is 0.628. The van der Waals surface area contributed by atoms with Crippen molar-refractivity contribution in [2.75, 3.05) is 19.6 Å². The summed E-state index contributed by atoms with van der Waals surface area (Å²) in [5, 5.41) is 19.7. The van der Waals surface area contributed by atoms with Crippen molar-refractivity contribution in [1.82, 2.24) is 15.1 Å². The molecule has 0 aromatic carbocycles. The fourth-order valence-electron chi connectivity index (χ4n) is 2.38. The number of piperidine rings is 1. The van der Waals surface area contributed by atoms with Gasteiger partial charge in [0.05, 0.1) is 25.3 Å². The highest BCUT2D eigenvalue weighted by molar-refractivity contribution is 6.02. The van der Waals surface area contributed by atoms with Crippen LogP contribution < -0.4 is 15.7 Å². The number of aromatic carboxylic acids is 1. The predicted molar refractivity (Wildman–Crippen MR) is 64.3 cm³/mol. The van der Waals surface area contributed by atoms with E-state index in [4.69, 9.17) is 0 Å². The minimum absolute atomic E-state index is 0.0439. The van der Waals surface area contributed by atoms with Crippen molar-refractivity contribution in [3.8, 4) is 0 Å². The highest BCUT2D eigenvalue weighted by Crippen LogP contribution is 2.09. The van der Waals surface area contributed by atoms with E-state index in [1.54, 1.807) is 0 Å². The second-order valence-electron chi connectivity index (χ2n) is 4.84. The highest BCUT2D eigenvalue weighted by Gasteiger charge is 2.20. The number of hydrogen-bond acceptors (Lipinski definition) is 4. The number of nitrogens with two attached hydrogens (primary N) is 1. The summed E-state index contributed by atoms with van der Waals surface area (Å²) in [6.45, 7) is 2.73. The van der Waals surface area contributed by atoms with Crippen molar-refractivity contribution in [1.29, 1.82) is 0 Å².